The number of rotatable bonds is 0. The Balaban J connectivity index is 2.72. The third-order valence-corrected chi connectivity index (χ3v) is 3.98. The number of terminal acetylenes is 1. The summed E-state index contributed by atoms with van der Waals surface area (Å²) in [6.45, 7) is 9.11. The predicted octanol–water partition coefficient (Wildman–Crippen LogP) is 3.52. The van der Waals surface area contributed by atoms with Gasteiger partial charge in [0.05, 0.1) is 18.8 Å². The van der Waals surface area contributed by atoms with E-state index in [1.54, 1.807) is 6.92 Å². The minimum atomic E-state index is -0.224. The van der Waals surface area contributed by atoms with Crippen molar-refractivity contribution in [3.8, 4) is 107 Å². The first-order valence-corrected chi connectivity index (χ1v) is 9.85. The normalized spacial score (nSPS) is 10.1. The fourth-order valence-electron chi connectivity index (χ4n) is 2.65. The largest absolute Gasteiger partial charge is 0.490 e. The van der Waals surface area contributed by atoms with E-state index in [4.69, 9.17) is 15.9 Å². The zero-order chi connectivity index (χ0) is 23.2. The van der Waals surface area contributed by atoms with Gasteiger partial charge in [-0.2, -0.15) is 0 Å². The Bertz CT molecular complexity index is 1370. The summed E-state index contributed by atoms with van der Waals surface area (Å²) in [5.74, 6) is 41.6. The Labute approximate surface area is 191 Å². The van der Waals surface area contributed by atoms with Gasteiger partial charge in [0.25, 0.3) is 0 Å². The Morgan fingerprint density at radius 1 is 0.750 bits per heavy atom. The Morgan fingerprint density at radius 3 is 1.94 bits per heavy atom. The summed E-state index contributed by atoms with van der Waals surface area (Å²) in [7, 11) is 0. The summed E-state index contributed by atoms with van der Waals surface area (Å²) < 4.78 is 11.9. The van der Waals surface area contributed by atoms with Crippen molar-refractivity contribution in [3.05, 3.63) is 22.8 Å². The maximum absolute atomic E-state index is 5.99. The van der Waals surface area contributed by atoms with E-state index in [1.807, 2.05) is 6.07 Å². The SMILES string of the molecule is C#CC#CC#CC#Cc1c(C(C)(C)C)cc2c(c1C#CC#CC#CC#CC)OCCCO2. The second kappa shape index (κ2) is 12.1. The van der Waals surface area contributed by atoms with E-state index in [1.165, 1.54) is 0 Å². The van der Waals surface area contributed by atoms with Crippen molar-refractivity contribution in [2.24, 2.45) is 0 Å². The highest BCUT2D eigenvalue weighted by molar-refractivity contribution is 5.68. The first-order chi connectivity index (χ1) is 15.5. The van der Waals surface area contributed by atoms with Crippen LogP contribution in [0.15, 0.2) is 6.07 Å². The van der Waals surface area contributed by atoms with Crippen LogP contribution in [-0.4, -0.2) is 13.2 Å². The number of hydrogen-bond acceptors (Lipinski definition) is 2. The minimum absolute atomic E-state index is 0.224. The molecular formula is C30H20O2. The van der Waals surface area contributed by atoms with E-state index < -0.39 is 0 Å². The summed E-state index contributed by atoms with van der Waals surface area (Å²) in [4.78, 5) is 0. The van der Waals surface area contributed by atoms with E-state index in [9.17, 15) is 0 Å². The van der Waals surface area contributed by atoms with Crippen molar-refractivity contribution in [2.45, 2.75) is 39.5 Å². The number of hydrogen-bond donors (Lipinski definition) is 0. The molecule has 0 saturated heterocycles. The lowest BCUT2D eigenvalue weighted by Gasteiger charge is -2.24. The summed E-state index contributed by atoms with van der Waals surface area (Å²) in [5, 5.41) is 0. The van der Waals surface area contributed by atoms with Gasteiger partial charge in [0.2, 0.25) is 0 Å². The number of benzene rings is 1. The van der Waals surface area contributed by atoms with Gasteiger partial charge in [-0.05, 0) is 101 Å². The average Bonchev–Trinajstić information content (AvgIpc) is 3.00. The van der Waals surface area contributed by atoms with Crippen molar-refractivity contribution in [1.82, 2.24) is 0 Å². The van der Waals surface area contributed by atoms with Gasteiger partial charge < -0.3 is 9.47 Å². The standard InChI is InChI=1S/C30H20O2/c1-6-8-10-12-14-16-18-21-26-25(20-17-15-13-11-9-7-2)27(30(3,4)5)24-28-29(26)32-23-19-22-31-28/h2,24H,19,22-23H2,1,3-5H3. The maximum Gasteiger partial charge on any atom is 0.178 e. The van der Waals surface area contributed by atoms with Crippen molar-refractivity contribution < 1.29 is 9.47 Å². The van der Waals surface area contributed by atoms with Gasteiger partial charge >= 0.3 is 0 Å². The molecule has 1 aromatic carbocycles. The summed E-state index contributed by atoms with van der Waals surface area (Å²) >= 11 is 0. The molecule has 0 saturated carbocycles. The lowest BCUT2D eigenvalue weighted by atomic mass is 9.81. The molecule has 0 fully saturated rings. The molecule has 0 unspecified atom stereocenters. The first kappa shape index (κ1) is 23.6. The highest BCUT2D eigenvalue weighted by Crippen LogP contribution is 2.41. The molecule has 1 heterocycles. The molecule has 2 nitrogen and oxygen atoms in total. The number of fused-ring (bicyclic) bond motifs is 1. The molecule has 152 valence electrons. The topological polar surface area (TPSA) is 18.5 Å². The highest BCUT2D eigenvalue weighted by Gasteiger charge is 2.26. The Kier molecular flexibility index (Phi) is 8.92. The van der Waals surface area contributed by atoms with E-state index >= 15 is 0 Å². The average molecular weight is 412 g/mol. The van der Waals surface area contributed by atoms with Gasteiger partial charge in [0, 0.05) is 12.0 Å². The first-order valence-electron chi connectivity index (χ1n) is 9.85. The van der Waals surface area contributed by atoms with Crippen molar-refractivity contribution in [3.63, 3.8) is 0 Å². The zero-order valence-corrected chi connectivity index (χ0v) is 18.6. The Morgan fingerprint density at radius 2 is 1.31 bits per heavy atom. The van der Waals surface area contributed by atoms with Gasteiger partial charge in [-0.3, -0.25) is 0 Å². The molecule has 0 N–H and O–H groups in total. The zero-order valence-electron chi connectivity index (χ0n) is 18.6. The third kappa shape index (κ3) is 6.97. The molecule has 1 aliphatic heterocycles. The van der Waals surface area contributed by atoms with Crippen LogP contribution in [0.3, 0.4) is 0 Å². The summed E-state index contributed by atoms with van der Waals surface area (Å²) in [6.07, 6.45) is 5.88. The van der Waals surface area contributed by atoms with Crippen molar-refractivity contribution in [2.75, 3.05) is 13.2 Å². The van der Waals surface area contributed by atoms with Gasteiger partial charge in [-0.15, -0.1) is 6.42 Å². The molecule has 2 heteroatoms. The molecule has 0 atom stereocenters. The van der Waals surface area contributed by atoms with Gasteiger partial charge in [-0.1, -0.05) is 32.6 Å². The van der Waals surface area contributed by atoms with Crippen molar-refractivity contribution in [1.29, 1.82) is 0 Å². The van der Waals surface area contributed by atoms with Crippen LogP contribution in [0.25, 0.3) is 0 Å². The van der Waals surface area contributed by atoms with E-state index in [0.717, 1.165) is 17.5 Å². The Hall–Kier alpha value is -4.70. The van der Waals surface area contributed by atoms with E-state index in [2.05, 4.69) is 110 Å². The van der Waals surface area contributed by atoms with Crippen LogP contribution < -0.4 is 9.47 Å². The fraction of sp³-hybridized carbons (Fsp3) is 0.267. The number of ether oxygens (including phenoxy) is 2. The van der Waals surface area contributed by atoms with Gasteiger partial charge in [0.1, 0.15) is 0 Å². The van der Waals surface area contributed by atoms with Crippen molar-refractivity contribution >= 4 is 0 Å². The van der Waals surface area contributed by atoms with E-state index in [-0.39, 0.29) is 5.41 Å². The minimum Gasteiger partial charge on any atom is -0.490 e. The molecule has 0 bridgehead atoms. The van der Waals surface area contributed by atoms with Crippen LogP contribution in [0, 0.1) is 95.2 Å². The predicted molar refractivity (Wildman–Crippen MR) is 128 cm³/mol. The summed E-state index contributed by atoms with van der Waals surface area (Å²) in [5.41, 5.74) is 2.09. The molecule has 1 aromatic rings. The van der Waals surface area contributed by atoms with Crippen LogP contribution >= 0.6 is 0 Å². The second-order valence-electron chi connectivity index (χ2n) is 7.32. The molecule has 32 heavy (non-hydrogen) atoms. The van der Waals surface area contributed by atoms with Crippen LogP contribution in [0.1, 0.15) is 50.8 Å². The monoisotopic (exact) mass is 412 g/mol. The lowest BCUT2D eigenvalue weighted by molar-refractivity contribution is 0.296. The highest BCUT2D eigenvalue weighted by atomic mass is 16.5. The molecule has 0 spiro atoms. The molecule has 0 amide bonds. The quantitative estimate of drug-likeness (QED) is 0.607. The third-order valence-electron chi connectivity index (χ3n) is 3.98. The smallest absolute Gasteiger partial charge is 0.178 e. The van der Waals surface area contributed by atoms with E-state index in [0.29, 0.717) is 30.3 Å². The van der Waals surface area contributed by atoms with Crippen LogP contribution in [-0.2, 0) is 5.41 Å². The second-order valence-corrected chi connectivity index (χ2v) is 7.32. The summed E-state index contributed by atoms with van der Waals surface area (Å²) in [6, 6.07) is 1.97. The van der Waals surface area contributed by atoms with Crippen LogP contribution in [0.4, 0.5) is 0 Å². The molecule has 0 aliphatic carbocycles. The van der Waals surface area contributed by atoms with Crippen LogP contribution in [0.2, 0.25) is 0 Å². The maximum atomic E-state index is 5.99. The molecule has 0 radical (unpaired) electrons. The fourth-order valence-corrected chi connectivity index (χ4v) is 2.65. The van der Waals surface area contributed by atoms with Gasteiger partial charge in [-0.25, -0.2) is 0 Å². The lowest BCUT2D eigenvalue weighted by Crippen LogP contribution is -2.15. The van der Waals surface area contributed by atoms with Gasteiger partial charge in [0.15, 0.2) is 11.5 Å². The molecular weight excluding hydrogens is 392 g/mol. The molecule has 2 rings (SSSR count). The molecule has 1 aliphatic rings. The molecule has 0 aromatic heterocycles. The van der Waals surface area contributed by atoms with Crippen LogP contribution in [0.5, 0.6) is 11.5 Å².